The molecule has 0 bridgehead atoms. The average molecular weight is 331 g/mol. The van der Waals surface area contributed by atoms with E-state index in [1.165, 1.54) is 12.1 Å². The largest absolute Gasteiger partial charge is 0.510 e. The SMILES string of the molecule is O=C(/C=C(/O)COC1CCCCO1)c1ccc(Cl)c(Cl)c1. The van der Waals surface area contributed by atoms with Crippen LogP contribution in [0, 0.1) is 0 Å². The van der Waals surface area contributed by atoms with E-state index in [1.807, 2.05) is 0 Å². The molecule has 1 saturated heterocycles. The van der Waals surface area contributed by atoms with E-state index >= 15 is 0 Å². The Balaban J connectivity index is 1.91. The van der Waals surface area contributed by atoms with Crippen molar-refractivity contribution in [1.29, 1.82) is 0 Å². The maximum absolute atomic E-state index is 11.9. The first kappa shape index (κ1) is 16.3. The molecule has 2 rings (SSSR count). The van der Waals surface area contributed by atoms with Gasteiger partial charge >= 0.3 is 0 Å². The van der Waals surface area contributed by atoms with Gasteiger partial charge in [-0.25, -0.2) is 0 Å². The fourth-order valence-corrected chi connectivity index (χ4v) is 2.24. The summed E-state index contributed by atoms with van der Waals surface area (Å²) in [6.07, 6.45) is 3.67. The molecular formula is C15H16Cl2O4. The molecule has 1 N–H and O–H groups in total. The van der Waals surface area contributed by atoms with Crippen LogP contribution in [0.15, 0.2) is 30.0 Å². The van der Waals surface area contributed by atoms with E-state index in [9.17, 15) is 9.90 Å². The summed E-state index contributed by atoms with van der Waals surface area (Å²) in [5, 5.41) is 10.4. The molecule has 6 heteroatoms. The number of hydrogen-bond acceptors (Lipinski definition) is 4. The number of allylic oxidation sites excluding steroid dienone is 1. The minimum atomic E-state index is -0.362. The van der Waals surface area contributed by atoms with Crippen LogP contribution >= 0.6 is 23.2 Å². The van der Waals surface area contributed by atoms with Crippen LogP contribution in [0.25, 0.3) is 0 Å². The quantitative estimate of drug-likeness (QED) is 0.500. The molecule has 0 radical (unpaired) electrons. The molecule has 0 amide bonds. The first-order valence-electron chi connectivity index (χ1n) is 6.68. The average Bonchev–Trinajstić information content (AvgIpc) is 2.49. The first-order chi connectivity index (χ1) is 10.1. The Kier molecular flexibility index (Phi) is 6.06. The van der Waals surface area contributed by atoms with Gasteiger partial charge < -0.3 is 14.6 Å². The van der Waals surface area contributed by atoms with Gasteiger partial charge in [-0.05, 0) is 37.5 Å². The molecule has 4 nitrogen and oxygen atoms in total. The van der Waals surface area contributed by atoms with Gasteiger partial charge in [0, 0.05) is 18.2 Å². The van der Waals surface area contributed by atoms with Gasteiger partial charge in [0.1, 0.15) is 12.4 Å². The highest BCUT2D eigenvalue weighted by molar-refractivity contribution is 6.42. The third-order valence-electron chi connectivity index (χ3n) is 3.06. The van der Waals surface area contributed by atoms with Crippen LogP contribution in [0.5, 0.6) is 0 Å². The van der Waals surface area contributed by atoms with Crippen LogP contribution in [0.2, 0.25) is 10.0 Å². The number of ketones is 1. The summed E-state index contributed by atoms with van der Waals surface area (Å²) in [4.78, 5) is 11.9. The van der Waals surface area contributed by atoms with Crippen molar-refractivity contribution in [2.75, 3.05) is 13.2 Å². The second kappa shape index (κ2) is 7.80. The maximum atomic E-state index is 11.9. The Morgan fingerprint density at radius 1 is 1.38 bits per heavy atom. The van der Waals surface area contributed by atoms with E-state index in [1.54, 1.807) is 6.07 Å². The number of hydrogen-bond donors (Lipinski definition) is 1. The van der Waals surface area contributed by atoms with Crippen molar-refractivity contribution in [1.82, 2.24) is 0 Å². The van der Waals surface area contributed by atoms with Crippen LogP contribution in [0.3, 0.4) is 0 Å². The van der Waals surface area contributed by atoms with Crippen molar-refractivity contribution < 1.29 is 19.4 Å². The Labute approximate surface area is 133 Å². The van der Waals surface area contributed by atoms with Gasteiger partial charge in [-0.1, -0.05) is 23.2 Å². The molecule has 1 unspecified atom stereocenters. The van der Waals surface area contributed by atoms with E-state index in [0.717, 1.165) is 25.3 Å². The normalized spacial score (nSPS) is 19.5. The zero-order chi connectivity index (χ0) is 15.2. The molecule has 0 spiro atoms. The Morgan fingerprint density at radius 2 is 2.19 bits per heavy atom. The molecule has 1 aliphatic heterocycles. The second-order valence-electron chi connectivity index (χ2n) is 4.74. The molecule has 1 aromatic carbocycles. The summed E-state index contributed by atoms with van der Waals surface area (Å²) in [7, 11) is 0. The third-order valence-corrected chi connectivity index (χ3v) is 3.80. The van der Waals surface area contributed by atoms with E-state index < -0.39 is 0 Å². The van der Waals surface area contributed by atoms with Gasteiger partial charge in [0.15, 0.2) is 12.1 Å². The summed E-state index contributed by atoms with van der Waals surface area (Å²) in [5.74, 6) is -0.514. The van der Waals surface area contributed by atoms with Crippen molar-refractivity contribution >= 4 is 29.0 Å². The number of ether oxygens (including phenoxy) is 2. The summed E-state index contributed by atoms with van der Waals surface area (Å²) in [5.41, 5.74) is 0.352. The van der Waals surface area contributed by atoms with Crippen LogP contribution in [-0.4, -0.2) is 30.4 Å². The lowest BCUT2D eigenvalue weighted by atomic mass is 10.1. The standard InChI is InChI=1S/C15H16Cl2O4/c16-12-5-4-10(7-13(12)17)14(19)8-11(18)9-21-15-3-1-2-6-20-15/h4-5,7-8,15,18H,1-3,6,9H2/b11-8+. The highest BCUT2D eigenvalue weighted by atomic mass is 35.5. The van der Waals surface area contributed by atoms with Crippen LogP contribution in [0.4, 0.5) is 0 Å². The predicted molar refractivity (Wildman–Crippen MR) is 81.0 cm³/mol. The van der Waals surface area contributed by atoms with E-state index in [0.29, 0.717) is 22.2 Å². The number of carbonyl (C=O) groups is 1. The summed E-state index contributed by atoms with van der Waals surface area (Å²) >= 11 is 11.6. The van der Waals surface area contributed by atoms with Gasteiger partial charge in [-0.15, -0.1) is 0 Å². The monoisotopic (exact) mass is 330 g/mol. The minimum Gasteiger partial charge on any atom is -0.510 e. The van der Waals surface area contributed by atoms with Gasteiger partial charge in [0.2, 0.25) is 0 Å². The molecule has 0 saturated carbocycles. The topological polar surface area (TPSA) is 55.8 Å². The molecule has 1 fully saturated rings. The molecule has 1 heterocycles. The zero-order valence-electron chi connectivity index (χ0n) is 11.4. The second-order valence-corrected chi connectivity index (χ2v) is 5.55. The van der Waals surface area contributed by atoms with Crippen LogP contribution < -0.4 is 0 Å². The Hall–Kier alpha value is -1.07. The fraction of sp³-hybridized carbons (Fsp3) is 0.400. The maximum Gasteiger partial charge on any atom is 0.189 e. The summed E-state index contributed by atoms with van der Waals surface area (Å²) in [6.45, 7) is 0.606. The molecule has 0 aliphatic carbocycles. The van der Waals surface area contributed by atoms with Crippen molar-refractivity contribution in [2.45, 2.75) is 25.6 Å². The Bertz CT molecular complexity index is 536. The van der Waals surface area contributed by atoms with Gasteiger partial charge in [0.05, 0.1) is 10.0 Å². The molecule has 0 aromatic heterocycles. The molecule has 21 heavy (non-hydrogen) atoms. The van der Waals surface area contributed by atoms with Gasteiger partial charge in [-0.3, -0.25) is 4.79 Å². The molecule has 1 aliphatic rings. The fourth-order valence-electron chi connectivity index (χ4n) is 1.95. The summed E-state index contributed by atoms with van der Waals surface area (Å²) in [6, 6.07) is 4.54. The number of benzene rings is 1. The predicted octanol–water partition coefficient (Wildman–Crippen LogP) is 4.16. The molecule has 1 atom stereocenters. The van der Waals surface area contributed by atoms with Crippen molar-refractivity contribution in [3.63, 3.8) is 0 Å². The van der Waals surface area contributed by atoms with Gasteiger partial charge in [-0.2, -0.15) is 0 Å². The van der Waals surface area contributed by atoms with E-state index in [4.69, 9.17) is 32.7 Å². The van der Waals surface area contributed by atoms with E-state index in [2.05, 4.69) is 0 Å². The zero-order valence-corrected chi connectivity index (χ0v) is 12.9. The highest BCUT2D eigenvalue weighted by Gasteiger charge is 2.15. The lowest BCUT2D eigenvalue weighted by Gasteiger charge is -2.22. The summed E-state index contributed by atoms with van der Waals surface area (Å²) < 4.78 is 10.8. The molecule has 114 valence electrons. The molecule has 1 aromatic rings. The highest BCUT2D eigenvalue weighted by Crippen LogP contribution is 2.23. The number of aliphatic hydroxyl groups excluding tert-OH is 1. The van der Waals surface area contributed by atoms with Gasteiger partial charge in [0.25, 0.3) is 0 Å². The number of carbonyl (C=O) groups excluding carboxylic acids is 1. The Morgan fingerprint density at radius 3 is 2.86 bits per heavy atom. The van der Waals surface area contributed by atoms with Crippen LogP contribution in [-0.2, 0) is 9.47 Å². The number of halogens is 2. The van der Waals surface area contributed by atoms with Crippen molar-refractivity contribution in [2.24, 2.45) is 0 Å². The van der Waals surface area contributed by atoms with Crippen molar-refractivity contribution in [3.8, 4) is 0 Å². The number of aliphatic hydroxyl groups is 1. The smallest absolute Gasteiger partial charge is 0.189 e. The van der Waals surface area contributed by atoms with E-state index in [-0.39, 0.29) is 24.4 Å². The lowest BCUT2D eigenvalue weighted by molar-refractivity contribution is -0.160. The third kappa shape index (κ3) is 5.00. The van der Waals surface area contributed by atoms with Crippen LogP contribution in [0.1, 0.15) is 29.6 Å². The lowest BCUT2D eigenvalue weighted by Crippen LogP contribution is -2.23. The first-order valence-corrected chi connectivity index (χ1v) is 7.44. The molecular weight excluding hydrogens is 315 g/mol. The minimum absolute atomic E-state index is 0.0578. The van der Waals surface area contributed by atoms with Crippen molar-refractivity contribution in [3.05, 3.63) is 45.6 Å². The number of rotatable bonds is 5.